The molecule has 1 aliphatic heterocycles. The van der Waals surface area contributed by atoms with E-state index in [0.29, 0.717) is 16.4 Å². The maximum Gasteiger partial charge on any atom is 0.231 e. The average Bonchev–Trinajstić information content (AvgIpc) is 2.48. The Balaban J connectivity index is 2.55. The number of fused-ring (bicyclic) bond motifs is 1. The van der Waals surface area contributed by atoms with Crippen LogP contribution in [0.1, 0.15) is 5.56 Å². The van der Waals surface area contributed by atoms with Gasteiger partial charge in [0.2, 0.25) is 6.79 Å². The van der Waals surface area contributed by atoms with Crippen LogP contribution in [-0.2, 0) is 11.1 Å². The fourth-order valence-electron chi connectivity index (χ4n) is 1.21. The third-order valence-electron chi connectivity index (χ3n) is 1.86. The van der Waals surface area contributed by atoms with Crippen LogP contribution in [0.25, 0.3) is 0 Å². The maximum absolute atomic E-state index is 10.8. The topological polar surface area (TPSA) is 55.8 Å². The molecule has 4 nitrogen and oxygen atoms in total. The van der Waals surface area contributed by atoms with Gasteiger partial charge in [-0.2, -0.15) is 0 Å². The van der Waals surface area contributed by atoms with Gasteiger partial charge >= 0.3 is 0 Å². The van der Waals surface area contributed by atoms with Crippen molar-refractivity contribution in [1.82, 2.24) is 0 Å². The van der Waals surface area contributed by atoms with E-state index >= 15 is 0 Å². The van der Waals surface area contributed by atoms with Crippen molar-refractivity contribution in [2.45, 2.75) is 11.8 Å². The molecule has 1 N–H and O–H groups in total. The van der Waals surface area contributed by atoms with Crippen LogP contribution in [0.5, 0.6) is 11.5 Å². The lowest BCUT2D eigenvalue weighted by Crippen LogP contribution is -1.93. The molecule has 1 unspecified atom stereocenters. The minimum atomic E-state index is -1.97. The number of ether oxygens (including phenoxy) is 2. The van der Waals surface area contributed by atoms with Crippen LogP contribution in [0, 0.1) is 6.92 Å². The van der Waals surface area contributed by atoms with Crippen LogP contribution < -0.4 is 9.47 Å². The molecule has 1 aliphatic rings. The summed E-state index contributed by atoms with van der Waals surface area (Å²) in [5, 5.41) is 0. The molecular weight excluding hydrogens is 192 g/mol. The van der Waals surface area contributed by atoms with Crippen molar-refractivity contribution in [3.8, 4) is 11.5 Å². The first-order valence-corrected chi connectivity index (χ1v) is 4.80. The van der Waals surface area contributed by atoms with E-state index in [1.807, 2.05) is 0 Å². The predicted octanol–water partition coefficient (Wildman–Crippen LogP) is 1.30. The summed E-state index contributed by atoms with van der Waals surface area (Å²) in [6.07, 6.45) is 0. The Labute approximate surface area is 77.8 Å². The molecule has 0 spiro atoms. The van der Waals surface area contributed by atoms with Gasteiger partial charge in [0.15, 0.2) is 22.6 Å². The van der Waals surface area contributed by atoms with Gasteiger partial charge in [-0.15, -0.1) is 0 Å². The molecule has 1 aromatic rings. The molecule has 0 saturated carbocycles. The molecule has 1 aromatic carbocycles. The second kappa shape index (κ2) is 3.01. The zero-order chi connectivity index (χ0) is 9.42. The van der Waals surface area contributed by atoms with Crippen LogP contribution in [0.3, 0.4) is 0 Å². The Morgan fingerprint density at radius 1 is 1.38 bits per heavy atom. The van der Waals surface area contributed by atoms with Crippen molar-refractivity contribution in [1.29, 1.82) is 0 Å². The molecule has 0 aromatic heterocycles. The molecule has 2 rings (SSSR count). The minimum Gasteiger partial charge on any atom is -0.454 e. The second-order valence-corrected chi connectivity index (χ2v) is 3.66. The predicted molar refractivity (Wildman–Crippen MR) is 46.3 cm³/mol. The van der Waals surface area contributed by atoms with Gasteiger partial charge < -0.3 is 14.0 Å². The smallest absolute Gasteiger partial charge is 0.231 e. The molecule has 0 aliphatic carbocycles. The first kappa shape index (κ1) is 8.52. The van der Waals surface area contributed by atoms with Gasteiger partial charge in [-0.1, -0.05) is 0 Å². The summed E-state index contributed by atoms with van der Waals surface area (Å²) in [4.78, 5) is 0.365. The second-order valence-electron chi connectivity index (χ2n) is 2.72. The van der Waals surface area contributed by atoms with Crippen molar-refractivity contribution < 1.29 is 18.2 Å². The molecule has 0 radical (unpaired) electrons. The Bertz CT molecular complexity index is 375. The first-order chi connectivity index (χ1) is 6.18. The molecule has 0 amide bonds. The van der Waals surface area contributed by atoms with Crippen LogP contribution in [-0.4, -0.2) is 15.6 Å². The van der Waals surface area contributed by atoms with Crippen molar-refractivity contribution in [2.75, 3.05) is 6.79 Å². The summed E-state index contributed by atoms with van der Waals surface area (Å²) < 4.78 is 29.9. The van der Waals surface area contributed by atoms with E-state index < -0.39 is 11.1 Å². The molecular formula is C8H8O4S. The van der Waals surface area contributed by atoms with Crippen LogP contribution in [0.2, 0.25) is 0 Å². The summed E-state index contributed by atoms with van der Waals surface area (Å²) in [5.74, 6) is 1.16. The highest BCUT2D eigenvalue weighted by molar-refractivity contribution is 7.79. The lowest BCUT2D eigenvalue weighted by molar-refractivity contribution is 0.174. The summed E-state index contributed by atoms with van der Waals surface area (Å²) >= 11 is -1.97. The molecule has 0 saturated heterocycles. The summed E-state index contributed by atoms with van der Waals surface area (Å²) in [5.41, 5.74) is 0.727. The van der Waals surface area contributed by atoms with Gasteiger partial charge in [-0.25, -0.2) is 4.21 Å². The molecule has 70 valence electrons. The number of hydrogen-bond acceptors (Lipinski definition) is 3. The quantitative estimate of drug-likeness (QED) is 0.694. The van der Waals surface area contributed by atoms with E-state index in [4.69, 9.17) is 14.0 Å². The average molecular weight is 200 g/mol. The van der Waals surface area contributed by atoms with Gasteiger partial charge in [0.05, 0.1) is 4.90 Å². The van der Waals surface area contributed by atoms with Crippen LogP contribution in [0.15, 0.2) is 17.0 Å². The maximum atomic E-state index is 10.8. The van der Waals surface area contributed by atoms with E-state index in [0.717, 1.165) is 5.56 Å². The van der Waals surface area contributed by atoms with Crippen molar-refractivity contribution in [3.05, 3.63) is 17.7 Å². The van der Waals surface area contributed by atoms with E-state index in [-0.39, 0.29) is 6.79 Å². The number of hydrogen-bond donors (Lipinski definition) is 1. The number of benzene rings is 1. The molecule has 0 bridgehead atoms. The van der Waals surface area contributed by atoms with Gasteiger partial charge in [-0.3, -0.25) is 0 Å². The highest BCUT2D eigenvalue weighted by Crippen LogP contribution is 2.35. The monoisotopic (exact) mass is 200 g/mol. The number of rotatable bonds is 1. The Morgan fingerprint density at radius 3 is 2.62 bits per heavy atom. The Morgan fingerprint density at radius 2 is 2.00 bits per heavy atom. The van der Waals surface area contributed by atoms with Crippen molar-refractivity contribution in [3.63, 3.8) is 0 Å². The molecule has 13 heavy (non-hydrogen) atoms. The van der Waals surface area contributed by atoms with Crippen LogP contribution in [0.4, 0.5) is 0 Å². The zero-order valence-electron chi connectivity index (χ0n) is 6.94. The lowest BCUT2D eigenvalue weighted by Gasteiger charge is -2.02. The molecule has 1 heterocycles. The normalized spacial score (nSPS) is 15.8. The first-order valence-electron chi connectivity index (χ1n) is 3.69. The number of aryl methyl sites for hydroxylation is 1. The fraction of sp³-hybridized carbons (Fsp3) is 0.250. The Kier molecular flexibility index (Phi) is 1.97. The molecule has 0 fully saturated rings. The summed E-state index contributed by atoms with van der Waals surface area (Å²) in [6.45, 7) is 1.93. The van der Waals surface area contributed by atoms with Gasteiger partial charge in [-0.05, 0) is 18.6 Å². The SMILES string of the molecule is Cc1cc2c(cc1S(=O)O)OCO2. The summed E-state index contributed by atoms with van der Waals surface area (Å²) in [7, 11) is 0. The minimum absolute atomic E-state index is 0.177. The van der Waals surface area contributed by atoms with E-state index in [2.05, 4.69) is 0 Å². The van der Waals surface area contributed by atoms with Gasteiger partial charge in [0.1, 0.15) is 0 Å². The largest absolute Gasteiger partial charge is 0.454 e. The van der Waals surface area contributed by atoms with Crippen molar-refractivity contribution >= 4 is 11.1 Å². The zero-order valence-corrected chi connectivity index (χ0v) is 7.76. The lowest BCUT2D eigenvalue weighted by atomic mass is 10.2. The van der Waals surface area contributed by atoms with Gasteiger partial charge in [0.25, 0.3) is 0 Å². The third-order valence-corrected chi connectivity index (χ3v) is 2.67. The van der Waals surface area contributed by atoms with E-state index in [9.17, 15) is 4.21 Å². The highest BCUT2D eigenvalue weighted by Gasteiger charge is 2.17. The molecule has 5 heteroatoms. The van der Waals surface area contributed by atoms with E-state index in [1.165, 1.54) is 6.07 Å². The third kappa shape index (κ3) is 1.40. The standard InChI is InChI=1S/C8H8O4S/c1-5-2-6-7(12-4-11-6)3-8(5)13(9)10/h2-3H,4H2,1H3,(H,9,10). The molecule has 1 atom stereocenters. The van der Waals surface area contributed by atoms with Gasteiger partial charge in [0, 0.05) is 6.07 Å². The van der Waals surface area contributed by atoms with Crippen molar-refractivity contribution in [2.24, 2.45) is 0 Å². The summed E-state index contributed by atoms with van der Waals surface area (Å²) in [6, 6.07) is 3.24. The highest BCUT2D eigenvalue weighted by atomic mass is 32.2. The van der Waals surface area contributed by atoms with Crippen LogP contribution >= 0.6 is 0 Å². The fourth-order valence-corrected chi connectivity index (χ4v) is 1.76. The van der Waals surface area contributed by atoms with E-state index in [1.54, 1.807) is 13.0 Å². The Hall–Kier alpha value is -1.07.